The largest absolute Gasteiger partial charge is 0.416 e. The molecule has 0 aliphatic carbocycles. The molecule has 0 radical (unpaired) electrons. The van der Waals surface area contributed by atoms with Gasteiger partial charge in [-0.2, -0.15) is 13.2 Å². The van der Waals surface area contributed by atoms with E-state index in [1.165, 1.54) is 18.2 Å². The fraction of sp³-hybridized carbons (Fsp3) is 0.316. The third-order valence-corrected chi connectivity index (χ3v) is 5.07. The summed E-state index contributed by atoms with van der Waals surface area (Å²) in [6.45, 7) is 3.15. The number of hydrogen-bond donors (Lipinski definition) is 1. The van der Waals surface area contributed by atoms with E-state index in [0.717, 1.165) is 25.2 Å². The molecule has 0 bridgehead atoms. The van der Waals surface area contributed by atoms with Gasteiger partial charge >= 0.3 is 6.18 Å². The number of anilines is 1. The first-order valence-corrected chi connectivity index (χ1v) is 9.18. The van der Waals surface area contributed by atoms with Gasteiger partial charge in [0.05, 0.1) is 28.2 Å². The first-order chi connectivity index (χ1) is 13.3. The molecule has 1 aromatic heterocycles. The Morgan fingerprint density at radius 2 is 1.82 bits per heavy atom. The van der Waals surface area contributed by atoms with Crippen molar-refractivity contribution in [2.45, 2.75) is 12.7 Å². The van der Waals surface area contributed by atoms with Crippen LogP contribution >= 0.6 is 11.6 Å². The van der Waals surface area contributed by atoms with Gasteiger partial charge in [0.2, 0.25) is 5.95 Å². The lowest BCUT2D eigenvalue weighted by atomic mass is 10.2. The van der Waals surface area contributed by atoms with Crippen LogP contribution in [0.4, 0.5) is 23.5 Å². The van der Waals surface area contributed by atoms with Crippen LogP contribution in [-0.2, 0) is 12.7 Å². The minimum Gasteiger partial charge on any atom is -0.340 e. The Kier molecular flexibility index (Phi) is 4.93. The monoisotopic (exact) mass is 412 g/mol. The second kappa shape index (κ2) is 7.25. The maximum absolute atomic E-state index is 13.5. The first kappa shape index (κ1) is 19.0. The molecule has 2 aromatic carbocycles. The highest BCUT2D eigenvalue weighted by Crippen LogP contribution is 2.33. The van der Waals surface area contributed by atoms with Crippen LogP contribution in [0.3, 0.4) is 0 Å². The Labute approximate surface area is 163 Å². The number of alkyl halides is 3. The zero-order valence-electron chi connectivity index (χ0n) is 14.7. The molecule has 28 heavy (non-hydrogen) atoms. The molecule has 1 fully saturated rings. The standard InChI is InChI=1S/C19H17ClF4N4/c20-14-9-12(1-3-15(14)21)11-28-17-10-13(19(22,23)24)2-4-16(17)26-18(28)27-7-5-25-6-8-27/h1-4,9-10,25H,5-8,11H2. The molecule has 1 N–H and O–H groups in total. The molecule has 4 rings (SSSR count). The number of halogens is 5. The average Bonchev–Trinajstić information content (AvgIpc) is 3.02. The number of piperazine rings is 1. The van der Waals surface area contributed by atoms with Gasteiger partial charge in [-0.1, -0.05) is 17.7 Å². The summed E-state index contributed by atoms with van der Waals surface area (Å²) < 4.78 is 54.9. The summed E-state index contributed by atoms with van der Waals surface area (Å²) in [5.74, 6) is 0.0545. The maximum Gasteiger partial charge on any atom is 0.416 e. The smallest absolute Gasteiger partial charge is 0.340 e. The van der Waals surface area contributed by atoms with Crippen LogP contribution in [0.2, 0.25) is 5.02 Å². The minimum atomic E-state index is -4.45. The molecule has 148 valence electrons. The Morgan fingerprint density at radius 1 is 1.07 bits per heavy atom. The summed E-state index contributed by atoms with van der Waals surface area (Å²) in [7, 11) is 0. The Bertz CT molecular complexity index is 1010. The number of benzene rings is 2. The average molecular weight is 413 g/mol. The van der Waals surface area contributed by atoms with E-state index in [1.807, 2.05) is 4.90 Å². The summed E-state index contributed by atoms with van der Waals surface area (Å²) in [5, 5.41) is 3.22. The van der Waals surface area contributed by atoms with Crippen LogP contribution in [0.25, 0.3) is 11.0 Å². The molecular weight excluding hydrogens is 396 g/mol. The molecule has 0 amide bonds. The van der Waals surface area contributed by atoms with E-state index in [-0.39, 0.29) is 11.6 Å². The molecule has 2 heterocycles. The fourth-order valence-electron chi connectivity index (χ4n) is 3.37. The quantitative estimate of drug-likeness (QED) is 0.651. The molecule has 0 unspecified atom stereocenters. The SMILES string of the molecule is Fc1ccc(Cn2c(N3CCNCC3)nc3ccc(C(F)(F)F)cc32)cc1Cl. The van der Waals surface area contributed by atoms with Gasteiger partial charge in [-0.3, -0.25) is 0 Å². The van der Waals surface area contributed by atoms with Crippen molar-refractivity contribution < 1.29 is 17.6 Å². The van der Waals surface area contributed by atoms with Crippen molar-refractivity contribution in [1.29, 1.82) is 0 Å². The van der Waals surface area contributed by atoms with Crippen molar-refractivity contribution in [2.24, 2.45) is 0 Å². The lowest BCUT2D eigenvalue weighted by Crippen LogP contribution is -2.44. The molecule has 9 heteroatoms. The van der Waals surface area contributed by atoms with E-state index in [1.54, 1.807) is 10.6 Å². The van der Waals surface area contributed by atoms with Gasteiger partial charge in [0.1, 0.15) is 5.82 Å². The molecule has 0 spiro atoms. The molecule has 3 aromatic rings. The van der Waals surface area contributed by atoms with Gasteiger partial charge in [0.25, 0.3) is 0 Å². The topological polar surface area (TPSA) is 33.1 Å². The van der Waals surface area contributed by atoms with Crippen LogP contribution in [0, 0.1) is 5.82 Å². The minimum absolute atomic E-state index is 0.0263. The van der Waals surface area contributed by atoms with Crippen molar-refractivity contribution in [3.63, 3.8) is 0 Å². The number of rotatable bonds is 3. The first-order valence-electron chi connectivity index (χ1n) is 8.80. The summed E-state index contributed by atoms with van der Waals surface area (Å²) in [4.78, 5) is 6.62. The van der Waals surface area contributed by atoms with Crippen LogP contribution in [0.5, 0.6) is 0 Å². The third kappa shape index (κ3) is 3.66. The van der Waals surface area contributed by atoms with Crippen LogP contribution in [-0.4, -0.2) is 35.7 Å². The van der Waals surface area contributed by atoms with Crippen LogP contribution in [0.1, 0.15) is 11.1 Å². The zero-order valence-corrected chi connectivity index (χ0v) is 15.5. The number of fused-ring (bicyclic) bond motifs is 1. The molecule has 1 saturated heterocycles. The highest BCUT2D eigenvalue weighted by molar-refractivity contribution is 6.30. The molecule has 1 aliphatic heterocycles. The van der Waals surface area contributed by atoms with E-state index in [4.69, 9.17) is 11.6 Å². The molecular formula is C19H17ClF4N4. The lowest BCUT2D eigenvalue weighted by Gasteiger charge is -2.29. The summed E-state index contributed by atoms with van der Waals surface area (Å²) in [6.07, 6.45) is -4.45. The molecule has 0 atom stereocenters. The second-order valence-corrected chi connectivity index (χ2v) is 7.09. The second-order valence-electron chi connectivity index (χ2n) is 6.68. The Hall–Kier alpha value is -2.32. The van der Waals surface area contributed by atoms with Crippen LogP contribution < -0.4 is 10.2 Å². The zero-order chi connectivity index (χ0) is 19.9. The summed E-state index contributed by atoms with van der Waals surface area (Å²) >= 11 is 5.88. The lowest BCUT2D eigenvalue weighted by molar-refractivity contribution is -0.137. The number of imidazole rings is 1. The van der Waals surface area contributed by atoms with E-state index < -0.39 is 17.6 Å². The van der Waals surface area contributed by atoms with E-state index in [0.29, 0.717) is 35.6 Å². The molecule has 0 saturated carbocycles. The maximum atomic E-state index is 13.5. The number of nitrogens with zero attached hydrogens (tertiary/aromatic N) is 3. The van der Waals surface area contributed by atoms with Crippen molar-refractivity contribution in [3.8, 4) is 0 Å². The van der Waals surface area contributed by atoms with Crippen molar-refractivity contribution in [3.05, 3.63) is 58.4 Å². The van der Waals surface area contributed by atoms with Gasteiger partial charge in [0, 0.05) is 26.2 Å². The fourth-order valence-corrected chi connectivity index (χ4v) is 3.57. The predicted octanol–water partition coefficient (Wildman–Crippen LogP) is 4.31. The number of nitrogens with one attached hydrogen (secondary N) is 1. The molecule has 4 nitrogen and oxygen atoms in total. The van der Waals surface area contributed by atoms with Crippen molar-refractivity contribution in [1.82, 2.24) is 14.9 Å². The van der Waals surface area contributed by atoms with Crippen LogP contribution in [0.15, 0.2) is 36.4 Å². The Morgan fingerprint density at radius 3 is 2.50 bits per heavy atom. The summed E-state index contributed by atoms with van der Waals surface area (Å²) in [5.41, 5.74) is 0.809. The van der Waals surface area contributed by atoms with E-state index in [2.05, 4.69) is 10.3 Å². The number of aromatic nitrogens is 2. The van der Waals surface area contributed by atoms with Gasteiger partial charge in [-0.05, 0) is 35.9 Å². The van der Waals surface area contributed by atoms with Gasteiger partial charge in [-0.15, -0.1) is 0 Å². The van der Waals surface area contributed by atoms with Crippen molar-refractivity contribution >= 4 is 28.6 Å². The normalized spacial score (nSPS) is 15.4. The van der Waals surface area contributed by atoms with E-state index in [9.17, 15) is 17.6 Å². The van der Waals surface area contributed by atoms with Gasteiger partial charge in [-0.25, -0.2) is 9.37 Å². The Balaban J connectivity index is 1.84. The highest BCUT2D eigenvalue weighted by atomic mass is 35.5. The highest BCUT2D eigenvalue weighted by Gasteiger charge is 2.31. The third-order valence-electron chi connectivity index (χ3n) is 4.78. The van der Waals surface area contributed by atoms with Crippen molar-refractivity contribution in [2.75, 3.05) is 31.1 Å². The van der Waals surface area contributed by atoms with Gasteiger partial charge < -0.3 is 14.8 Å². The number of hydrogen-bond acceptors (Lipinski definition) is 3. The predicted molar refractivity (Wildman–Crippen MR) is 100 cm³/mol. The van der Waals surface area contributed by atoms with Gasteiger partial charge in [0.15, 0.2) is 0 Å². The van der Waals surface area contributed by atoms with E-state index >= 15 is 0 Å². The summed E-state index contributed by atoms with van der Waals surface area (Å²) in [6, 6.07) is 7.84. The molecule has 1 aliphatic rings.